The first-order valence-corrected chi connectivity index (χ1v) is 13.5. The zero-order valence-corrected chi connectivity index (χ0v) is 21.7. The molecule has 2 aromatic carbocycles. The maximum atomic E-state index is 12.7. The Balaban J connectivity index is 1.36. The van der Waals surface area contributed by atoms with E-state index in [0.717, 1.165) is 21.6 Å². The van der Waals surface area contributed by atoms with Gasteiger partial charge < -0.3 is 15.7 Å². The maximum absolute atomic E-state index is 12.7. The van der Waals surface area contributed by atoms with E-state index in [0.29, 0.717) is 29.1 Å². The van der Waals surface area contributed by atoms with E-state index >= 15 is 0 Å². The van der Waals surface area contributed by atoms with E-state index < -0.39 is 17.8 Å². The Morgan fingerprint density at radius 1 is 1.08 bits per heavy atom. The molecule has 0 aliphatic heterocycles. The van der Waals surface area contributed by atoms with Crippen LogP contribution >= 0.6 is 23.1 Å². The number of aryl methyl sites for hydroxylation is 1. The second kappa shape index (κ2) is 11.9. The van der Waals surface area contributed by atoms with Gasteiger partial charge in [0.1, 0.15) is 11.1 Å². The molecule has 1 aliphatic carbocycles. The third-order valence-corrected chi connectivity index (χ3v) is 7.97. The Labute approximate surface area is 223 Å². The van der Waals surface area contributed by atoms with Crippen molar-refractivity contribution in [2.75, 3.05) is 16.4 Å². The fourth-order valence-electron chi connectivity index (χ4n) is 4.09. The van der Waals surface area contributed by atoms with Crippen LogP contribution in [0.5, 0.6) is 0 Å². The first kappa shape index (κ1) is 26.2. The molecule has 37 heavy (non-hydrogen) atoms. The standard InChI is InChI=1S/C28H25N3O4S2/c1-17-9-11-18(12-10-17)24-15-37-27(23(24)14-29)31-25(32)16-36-20-6-4-5-19(13-20)30-26(33)21-7-2-3-8-22(21)28(34)35/h2-6,9-13,15,21-22H,7-8,16H2,1H3,(H,30,33)(H,31,32)(H,34,35). The second-order valence-corrected chi connectivity index (χ2v) is 10.6. The van der Waals surface area contributed by atoms with E-state index in [4.69, 9.17) is 0 Å². The fraction of sp³-hybridized carbons (Fsp3) is 0.214. The number of rotatable bonds is 8. The van der Waals surface area contributed by atoms with Gasteiger partial charge in [-0.05, 0) is 43.5 Å². The van der Waals surface area contributed by atoms with Crippen LogP contribution < -0.4 is 10.6 Å². The van der Waals surface area contributed by atoms with Crippen LogP contribution in [0.15, 0.2) is 71.0 Å². The molecule has 0 saturated carbocycles. The van der Waals surface area contributed by atoms with Crippen LogP contribution in [0.1, 0.15) is 24.0 Å². The number of amides is 2. The van der Waals surface area contributed by atoms with Gasteiger partial charge in [-0.15, -0.1) is 23.1 Å². The molecule has 2 unspecified atom stereocenters. The highest BCUT2D eigenvalue weighted by Gasteiger charge is 2.34. The van der Waals surface area contributed by atoms with Gasteiger partial charge in [-0.3, -0.25) is 14.4 Å². The largest absolute Gasteiger partial charge is 0.481 e. The summed E-state index contributed by atoms with van der Waals surface area (Å²) in [4.78, 5) is 37.7. The summed E-state index contributed by atoms with van der Waals surface area (Å²) in [5, 5.41) is 27.2. The van der Waals surface area contributed by atoms with E-state index in [9.17, 15) is 24.8 Å². The minimum absolute atomic E-state index is 0.120. The number of carboxylic acids is 1. The molecule has 0 fully saturated rings. The highest BCUT2D eigenvalue weighted by atomic mass is 32.2. The average Bonchev–Trinajstić information content (AvgIpc) is 3.30. The third kappa shape index (κ3) is 6.47. The van der Waals surface area contributed by atoms with Gasteiger partial charge >= 0.3 is 5.97 Å². The first-order valence-electron chi connectivity index (χ1n) is 11.7. The fourth-order valence-corrected chi connectivity index (χ4v) is 5.78. The van der Waals surface area contributed by atoms with Crippen molar-refractivity contribution >= 4 is 51.6 Å². The molecule has 9 heteroatoms. The molecule has 1 aromatic heterocycles. The Kier molecular flexibility index (Phi) is 8.43. The van der Waals surface area contributed by atoms with Crippen LogP contribution in [0.4, 0.5) is 10.7 Å². The van der Waals surface area contributed by atoms with Crippen LogP contribution in [0.25, 0.3) is 11.1 Å². The van der Waals surface area contributed by atoms with Crippen molar-refractivity contribution in [3.05, 3.63) is 77.2 Å². The van der Waals surface area contributed by atoms with Gasteiger partial charge in [-0.2, -0.15) is 5.26 Å². The number of nitrogens with zero attached hydrogens (tertiary/aromatic N) is 1. The van der Waals surface area contributed by atoms with Crippen LogP contribution in [0.3, 0.4) is 0 Å². The number of hydrogen-bond acceptors (Lipinski definition) is 6. The molecule has 0 saturated heterocycles. The molecule has 188 valence electrons. The minimum Gasteiger partial charge on any atom is -0.481 e. The lowest BCUT2D eigenvalue weighted by molar-refractivity contribution is -0.146. The normalized spacial score (nSPS) is 16.5. The van der Waals surface area contributed by atoms with Crippen molar-refractivity contribution in [2.24, 2.45) is 11.8 Å². The summed E-state index contributed by atoms with van der Waals surface area (Å²) in [5.41, 5.74) is 3.82. The summed E-state index contributed by atoms with van der Waals surface area (Å²) in [6, 6.07) is 17.2. The van der Waals surface area contributed by atoms with Crippen LogP contribution in [0.2, 0.25) is 0 Å². The molecule has 0 radical (unpaired) electrons. The van der Waals surface area contributed by atoms with Gasteiger partial charge in [0, 0.05) is 21.5 Å². The second-order valence-electron chi connectivity index (χ2n) is 8.68. The number of carbonyl (C=O) groups excluding carboxylic acids is 2. The molecule has 4 rings (SSSR count). The van der Waals surface area contributed by atoms with E-state index in [1.54, 1.807) is 24.3 Å². The van der Waals surface area contributed by atoms with E-state index in [1.165, 1.54) is 23.1 Å². The van der Waals surface area contributed by atoms with Crippen molar-refractivity contribution < 1.29 is 19.5 Å². The summed E-state index contributed by atoms with van der Waals surface area (Å²) in [6.45, 7) is 2.00. The Bertz CT molecular complexity index is 1390. The Morgan fingerprint density at radius 3 is 2.51 bits per heavy atom. The number of nitrogens with one attached hydrogen (secondary N) is 2. The number of aliphatic carboxylic acids is 1. The lowest BCUT2D eigenvalue weighted by Gasteiger charge is -2.24. The molecule has 0 bridgehead atoms. The van der Waals surface area contributed by atoms with E-state index in [-0.39, 0.29) is 17.6 Å². The summed E-state index contributed by atoms with van der Waals surface area (Å²) in [6.07, 6.45) is 4.35. The van der Waals surface area contributed by atoms with Gasteiger partial charge in [0.2, 0.25) is 11.8 Å². The molecule has 2 amide bonds. The van der Waals surface area contributed by atoms with Crippen LogP contribution in [0, 0.1) is 30.1 Å². The van der Waals surface area contributed by atoms with Crippen molar-refractivity contribution in [2.45, 2.75) is 24.7 Å². The lowest BCUT2D eigenvalue weighted by atomic mass is 9.82. The predicted molar refractivity (Wildman–Crippen MR) is 147 cm³/mol. The molecular formula is C28H25N3O4S2. The molecular weight excluding hydrogens is 506 g/mol. The van der Waals surface area contributed by atoms with E-state index in [2.05, 4.69) is 16.7 Å². The number of benzene rings is 2. The summed E-state index contributed by atoms with van der Waals surface area (Å²) >= 11 is 2.62. The van der Waals surface area contributed by atoms with Crippen molar-refractivity contribution in [1.29, 1.82) is 5.26 Å². The number of thiophene rings is 1. The molecule has 7 nitrogen and oxygen atoms in total. The highest BCUT2D eigenvalue weighted by Crippen LogP contribution is 2.35. The third-order valence-electron chi connectivity index (χ3n) is 6.08. The van der Waals surface area contributed by atoms with Crippen molar-refractivity contribution in [3.8, 4) is 17.2 Å². The zero-order chi connectivity index (χ0) is 26.4. The van der Waals surface area contributed by atoms with Crippen LogP contribution in [-0.4, -0.2) is 28.6 Å². The molecule has 2 atom stereocenters. The van der Waals surface area contributed by atoms with Crippen molar-refractivity contribution in [3.63, 3.8) is 0 Å². The monoisotopic (exact) mass is 531 g/mol. The minimum atomic E-state index is -0.976. The molecule has 1 aliphatic rings. The topological polar surface area (TPSA) is 119 Å². The van der Waals surface area contributed by atoms with Gasteiger partial charge in [0.15, 0.2) is 0 Å². The SMILES string of the molecule is Cc1ccc(-c2csc(NC(=O)CSc3cccc(NC(=O)C4CC=CCC4C(=O)O)c3)c2C#N)cc1. The molecule has 0 spiro atoms. The maximum Gasteiger partial charge on any atom is 0.307 e. The quantitative estimate of drug-likeness (QED) is 0.245. The molecule has 3 N–H and O–H groups in total. The highest BCUT2D eigenvalue weighted by molar-refractivity contribution is 8.00. The zero-order valence-electron chi connectivity index (χ0n) is 20.1. The molecule has 1 heterocycles. The number of carbonyl (C=O) groups is 3. The van der Waals surface area contributed by atoms with Crippen LogP contribution in [-0.2, 0) is 14.4 Å². The Morgan fingerprint density at radius 2 is 1.81 bits per heavy atom. The number of carboxylic acid groups (broad SMARTS) is 1. The summed E-state index contributed by atoms with van der Waals surface area (Å²) in [5.74, 6) is -2.80. The van der Waals surface area contributed by atoms with Gasteiger partial charge in [0.25, 0.3) is 0 Å². The lowest BCUT2D eigenvalue weighted by Crippen LogP contribution is -2.34. The number of anilines is 2. The van der Waals surface area contributed by atoms with Gasteiger partial charge in [-0.1, -0.05) is 48.0 Å². The Hall–Kier alpha value is -3.87. The average molecular weight is 532 g/mol. The number of thioether (sulfide) groups is 1. The van der Waals surface area contributed by atoms with Gasteiger partial charge in [0.05, 0.1) is 23.2 Å². The molecule has 3 aromatic rings. The van der Waals surface area contributed by atoms with E-state index in [1.807, 2.05) is 48.7 Å². The smallest absolute Gasteiger partial charge is 0.307 e. The summed E-state index contributed by atoms with van der Waals surface area (Å²) in [7, 11) is 0. The first-order chi connectivity index (χ1) is 17.9. The van der Waals surface area contributed by atoms with Gasteiger partial charge in [-0.25, -0.2) is 0 Å². The predicted octanol–water partition coefficient (Wildman–Crippen LogP) is 5.93. The van der Waals surface area contributed by atoms with Crippen molar-refractivity contribution in [1.82, 2.24) is 0 Å². The number of allylic oxidation sites excluding steroid dienone is 2. The number of nitriles is 1. The summed E-state index contributed by atoms with van der Waals surface area (Å²) < 4.78 is 0. The number of hydrogen-bond donors (Lipinski definition) is 3.